The molecule has 2 atom stereocenters. The average molecular weight is 339 g/mol. The van der Waals surface area contributed by atoms with Gasteiger partial charge in [-0.1, -0.05) is 0 Å². The van der Waals surface area contributed by atoms with Gasteiger partial charge in [0, 0.05) is 13.0 Å². The van der Waals surface area contributed by atoms with Crippen molar-refractivity contribution in [2.45, 2.75) is 25.6 Å². The highest BCUT2D eigenvalue weighted by Gasteiger charge is 2.29. The molecule has 0 bridgehead atoms. The molecule has 1 amide bonds. The number of carbonyl (C=O) groups excluding carboxylic acids is 1. The molecule has 1 aromatic heterocycles. The molecule has 0 aromatic carbocycles. The van der Waals surface area contributed by atoms with Gasteiger partial charge in [0.1, 0.15) is 16.6 Å². The molecule has 0 spiro atoms. The lowest BCUT2D eigenvalue weighted by atomic mass is 10.2. The molecule has 0 aliphatic carbocycles. The Balaban J connectivity index is 0.00000162. The molecule has 0 saturated carbocycles. The number of alkyl halides is 1. The highest BCUT2D eigenvalue weighted by molar-refractivity contribution is 9.10. The first-order valence-electron chi connectivity index (χ1n) is 5.37. The normalized spacial score (nSPS) is 22.4. The summed E-state index contributed by atoms with van der Waals surface area (Å²) >= 11 is 3.26. The molecule has 18 heavy (non-hydrogen) atoms. The lowest BCUT2D eigenvalue weighted by Gasteiger charge is -2.10. The fourth-order valence-electron chi connectivity index (χ4n) is 1.79. The number of hydrogen-bond donors (Lipinski definition) is 2. The fourth-order valence-corrected chi connectivity index (χ4v) is 2.35. The van der Waals surface area contributed by atoms with Gasteiger partial charge < -0.3 is 10.6 Å². The standard InChI is InChI=1S/C11H13BrFN3O.ClH/c1-6-2-9(12)15-10(3-6)16-11(17)8-4-7(13)5-14-8;/h2-3,7-8,14H,4-5H2,1H3,(H,15,16,17);1H/t7-,8+;/m1./s1. The zero-order valence-corrected chi connectivity index (χ0v) is 12.1. The van der Waals surface area contributed by atoms with Crippen LogP contribution >= 0.6 is 28.3 Å². The Morgan fingerprint density at radius 1 is 1.61 bits per heavy atom. The minimum atomic E-state index is -0.942. The van der Waals surface area contributed by atoms with Gasteiger partial charge in [-0.15, -0.1) is 12.4 Å². The second-order valence-electron chi connectivity index (χ2n) is 4.14. The highest BCUT2D eigenvalue weighted by atomic mass is 79.9. The smallest absolute Gasteiger partial charge is 0.242 e. The zero-order chi connectivity index (χ0) is 12.4. The third-order valence-corrected chi connectivity index (χ3v) is 2.99. The van der Waals surface area contributed by atoms with E-state index >= 15 is 0 Å². The maximum Gasteiger partial charge on any atom is 0.242 e. The minimum absolute atomic E-state index is 0. The third kappa shape index (κ3) is 3.90. The second kappa shape index (κ2) is 6.45. The van der Waals surface area contributed by atoms with Crippen LogP contribution in [0.25, 0.3) is 0 Å². The maximum absolute atomic E-state index is 12.9. The summed E-state index contributed by atoms with van der Waals surface area (Å²) in [6, 6.07) is 3.15. The van der Waals surface area contributed by atoms with Crippen LogP contribution in [0.1, 0.15) is 12.0 Å². The summed E-state index contributed by atoms with van der Waals surface area (Å²) in [5.41, 5.74) is 0.991. The van der Waals surface area contributed by atoms with Crippen molar-refractivity contribution in [3.63, 3.8) is 0 Å². The lowest BCUT2D eigenvalue weighted by molar-refractivity contribution is -0.117. The summed E-state index contributed by atoms with van der Waals surface area (Å²) < 4.78 is 13.6. The molecule has 4 nitrogen and oxygen atoms in total. The number of amides is 1. The van der Waals surface area contributed by atoms with Gasteiger partial charge in [0.2, 0.25) is 5.91 Å². The number of nitrogens with one attached hydrogen (secondary N) is 2. The van der Waals surface area contributed by atoms with E-state index in [1.807, 2.05) is 13.0 Å². The largest absolute Gasteiger partial charge is 0.309 e. The van der Waals surface area contributed by atoms with E-state index in [4.69, 9.17) is 0 Å². The molecule has 0 radical (unpaired) electrons. The summed E-state index contributed by atoms with van der Waals surface area (Å²) in [7, 11) is 0. The summed E-state index contributed by atoms with van der Waals surface area (Å²) in [5.74, 6) is 0.237. The summed E-state index contributed by atoms with van der Waals surface area (Å²) in [6.07, 6.45) is -0.721. The number of rotatable bonds is 2. The number of nitrogens with zero attached hydrogens (tertiary/aromatic N) is 1. The molecule has 1 aromatic rings. The van der Waals surface area contributed by atoms with Crippen molar-refractivity contribution in [2.75, 3.05) is 11.9 Å². The number of pyridine rings is 1. The number of hydrogen-bond acceptors (Lipinski definition) is 3. The number of aryl methyl sites for hydroxylation is 1. The zero-order valence-electron chi connectivity index (χ0n) is 9.74. The van der Waals surface area contributed by atoms with E-state index in [2.05, 4.69) is 31.5 Å². The van der Waals surface area contributed by atoms with Crippen molar-refractivity contribution in [3.05, 3.63) is 22.3 Å². The van der Waals surface area contributed by atoms with Crippen molar-refractivity contribution < 1.29 is 9.18 Å². The topological polar surface area (TPSA) is 54.0 Å². The van der Waals surface area contributed by atoms with E-state index < -0.39 is 12.2 Å². The summed E-state index contributed by atoms with van der Waals surface area (Å²) in [5, 5.41) is 5.51. The Kier molecular flexibility index (Phi) is 5.49. The van der Waals surface area contributed by atoms with E-state index in [0.29, 0.717) is 10.4 Å². The minimum Gasteiger partial charge on any atom is -0.309 e. The van der Waals surface area contributed by atoms with Crippen molar-refractivity contribution in [1.82, 2.24) is 10.3 Å². The van der Waals surface area contributed by atoms with E-state index in [0.717, 1.165) is 5.56 Å². The second-order valence-corrected chi connectivity index (χ2v) is 4.95. The quantitative estimate of drug-likeness (QED) is 0.813. The van der Waals surface area contributed by atoms with Gasteiger partial charge >= 0.3 is 0 Å². The van der Waals surface area contributed by atoms with Crippen LogP contribution in [0.3, 0.4) is 0 Å². The molecule has 2 N–H and O–H groups in total. The van der Waals surface area contributed by atoms with Crippen molar-refractivity contribution in [1.29, 1.82) is 0 Å². The van der Waals surface area contributed by atoms with Crippen LogP contribution < -0.4 is 10.6 Å². The van der Waals surface area contributed by atoms with Gasteiger partial charge in [0.15, 0.2) is 0 Å². The summed E-state index contributed by atoms with van der Waals surface area (Å²) in [4.78, 5) is 15.9. The van der Waals surface area contributed by atoms with Gasteiger partial charge in [0.25, 0.3) is 0 Å². The van der Waals surface area contributed by atoms with Crippen LogP contribution in [0.5, 0.6) is 0 Å². The van der Waals surface area contributed by atoms with Crippen molar-refractivity contribution >= 4 is 40.1 Å². The monoisotopic (exact) mass is 337 g/mol. The SMILES string of the molecule is Cc1cc(Br)nc(NC(=O)[C@@H]2C[C@@H](F)CN2)c1.Cl. The number of halogens is 3. The predicted octanol–water partition coefficient (Wildman–Crippen LogP) is 2.21. The Labute approximate surface area is 119 Å². The van der Waals surface area contributed by atoms with Crippen LogP contribution in [0.2, 0.25) is 0 Å². The number of anilines is 1. The van der Waals surface area contributed by atoms with Crippen LogP contribution in [-0.4, -0.2) is 29.6 Å². The average Bonchev–Trinajstić information content (AvgIpc) is 2.63. The Morgan fingerprint density at radius 2 is 2.33 bits per heavy atom. The Bertz CT molecular complexity index is 426. The maximum atomic E-state index is 12.9. The molecule has 2 heterocycles. The van der Waals surface area contributed by atoms with E-state index in [1.165, 1.54) is 0 Å². The van der Waals surface area contributed by atoms with Gasteiger partial charge in [-0.3, -0.25) is 4.79 Å². The first-order valence-corrected chi connectivity index (χ1v) is 6.16. The molecule has 2 rings (SSSR count). The molecular weight excluding hydrogens is 324 g/mol. The van der Waals surface area contributed by atoms with E-state index in [1.54, 1.807) is 6.07 Å². The highest BCUT2D eigenvalue weighted by Crippen LogP contribution is 2.16. The molecule has 1 saturated heterocycles. The molecule has 1 fully saturated rings. The van der Waals surface area contributed by atoms with Crippen LogP contribution in [0.15, 0.2) is 16.7 Å². The number of carbonyl (C=O) groups is 1. The molecule has 1 aliphatic rings. The molecule has 100 valence electrons. The molecule has 0 unspecified atom stereocenters. The Hall–Kier alpha value is -0.720. The van der Waals surface area contributed by atoms with E-state index in [9.17, 15) is 9.18 Å². The molecule has 7 heteroatoms. The van der Waals surface area contributed by atoms with Gasteiger partial charge in [-0.2, -0.15) is 0 Å². The Morgan fingerprint density at radius 3 is 2.89 bits per heavy atom. The van der Waals surface area contributed by atoms with Gasteiger partial charge in [0.05, 0.1) is 6.04 Å². The fraction of sp³-hybridized carbons (Fsp3) is 0.455. The van der Waals surface area contributed by atoms with Gasteiger partial charge in [-0.05, 0) is 40.5 Å². The summed E-state index contributed by atoms with van der Waals surface area (Å²) in [6.45, 7) is 2.15. The lowest BCUT2D eigenvalue weighted by Crippen LogP contribution is -2.35. The van der Waals surface area contributed by atoms with Crippen molar-refractivity contribution in [3.8, 4) is 0 Å². The molecule has 1 aliphatic heterocycles. The third-order valence-electron chi connectivity index (χ3n) is 2.58. The first-order chi connectivity index (χ1) is 8.04. The van der Waals surface area contributed by atoms with Gasteiger partial charge in [-0.25, -0.2) is 9.37 Å². The molecular formula is C11H14BrClFN3O. The van der Waals surface area contributed by atoms with E-state index in [-0.39, 0.29) is 31.3 Å². The van der Waals surface area contributed by atoms with Crippen LogP contribution in [-0.2, 0) is 4.79 Å². The predicted molar refractivity (Wildman–Crippen MR) is 73.9 cm³/mol. The van der Waals surface area contributed by atoms with Crippen molar-refractivity contribution in [2.24, 2.45) is 0 Å². The van der Waals surface area contributed by atoms with Crippen LogP contribution in [0.4, 0.5) is 10.2 Å². The number of aromatic nitrogens is 1. The first kappa shape index (κ1) is 15.3. The van der Waals surface area contributed by atoms with Crippen LogP contribution in [0, 0.1) is 6.92 Å².